The van der Waals surface area contributed by atoms with Crippen molar-refractivity contribution < 1.29 is 4.39 Å². The highest BCUT2D eigenvalue weighted by Gasteiger charge is 2.18. The van der Waals surface area contributed by atoms with E-state index in [4.69, 9.17) is 0 Å². The van der Waals surface area contributed by atoms with Gasteiger partial charge in [-0.05, 0) is 84.0 Å². The van der Waals surface area contributed by atoms with Gasteiger partial charge >= 0.3 is 0 Å². The molecular weight excluding hydrogens is 467 g/mol. The Morgan fingerprint density at radius 1 is 0.947 bits per heavy atom. The predicted molar refractivity (Wildman–Crippen MR) is 159 cm³/mol. The Hall–Kier alpha value is -3.07. The minimum atomic E-state index is -0.244. The summed E-state index contributed by atoms with van der Waals surface area (Å²) >= 11 is 0. The zero-order valence-corrected chi connectivity index (χ0v) is 23.6. The molecule has 3 aromatic rings. The van der Waals surface area contributed by atoms with E-state index in [1.165, 1.54) is 50.2 Å². The Morgan fingerprint density at radius 2 is 1.76 bits per heavy atom. The van der Waals surface area contributed by atoms with Gasteiger partial charge in [0.25, 0.3) is 0 Å². The molecule has 2 heterocycles. The molecule has 0 aliphatic heterocycles. The number of aryl methyl sites for hydroxylation is 1. The van der Waals surface area contributed by atoms with Crippen molar-refractivity contribution in [3.8, 4) is 22.4 Å². The fraction of sp³-hybridized carbons (Fsp3) is 0.429. The van der Waals surface area contributed by atoms with E-state index in [1.54, 1.807) is 6.20 Å². The number of halogens is 1. The van der Waals surface area contributed by atoms with Crippen molar-refractivity contribution in [3.63, 3.8) is 0 Å². The summed E-state index contributed by atoms with van der Waals surface area (Å²) in [5.74, 6) is 1.92. The van der Waals surface area contributed by atoms with Crippen LogP contribution in [0.4, 0.5) is 4.39 Å². The lowest BCUT2D eigenvalue weighted by Crippen LogP contribution is -2.08. The van der Waals surface area contributed by atoms with Crippen LogP contribution in [0.15, 0.2) is 73.2 Å². The number of allylic oxidation sites excluding steroid dienone is 4. The first kappa shape index (κ1) is 28.0. The van der Waals surface area contributed by atoms with E-state index in [-0.39, 0.29) is 5.82 Å². The molecule has 4 rings (SSSR count). The number of hydrogen-bond donors (Lipinski definition) is 0. The SMILES string of the molecule is CCc1ccc(F)c(-c2cc(-c3cncc(C4=CCC(CCCCC(CC)CC)C(C)C=C4)c3)ccn2)c1. The molecule has 0 radical (unpaired) electrons. The Kier molecular flexibility index (Phi) is 10.0. The number of pyridine rings is 2. The second kappa shape index (κ2) is 13.6. The van der Waals surface area contributed by atoms with Crippen LogP contribution < -0.4 is 0 Å². The lowest BCUT2D eigenvalue weighted by Gasteiger charge is -2.19. The molecule has 2 atom stereocenters. The molecule has 0 amide bonds. The smallest absolute Gasteiger partial charge is 0.132 e. The lowest BCUT2D eigenvalue weighted by atomic mass is 9.86. The van der Waals surface area contributed by atoms with E-state index in [0.717, 1.165) is 41.0 Å². The average molecular weight is 511 g/mol. The zero-order chi connectivity index (χ0) is 26.9. The molecule has 3 heteroatoms. The first-order valence-electron chi connectivity index (χ1n) is 14.6. The third-order valence-corrected chi connectivity index (χ3v) is 8.44. The van der Waals surface area contributed by atoms with Crippen LogP contribution in [0.3, 0.4) is 0 Å². The molecule has 2 aromatic heterocycles. The number of rotatable bonds is 11. The molecule has 0 N–H and O–H groups in total. The molecule has 1 aromatic carbocycles. The van der Waals surface area contributed by atoms with Gasteiger partial charge in [0.05, 0.1) is 5.69 Å². The second-order valence-electron chi connectivity index (χ2n) is 10.9. The summed E-state index contributed by atoms with van der Waals surface area (Å²) in [6.45, 7) is 9.08. The van der Waals surface area contributed by atoms with E-state index >= 15 is 0 Å². The van der Waals surface area contributed by atoms with Gasteiger partial charge in [-0.25, -0.2) is 4.39 Å². The van der Waals surface area contributed by atoms with E-state index < -0.39 is 0 Å². The van der Waals surface area contributed by atoms with Crippen molar-refractivity contribution in [2.24, 2.45) is 17.8 Å². The molecule has 0 spiro atoms. The fourth-order valence-corrected chi connectivity index (χ4v) is 5.61. The third kappa shape index (κ3) is 7.07. The number of hydrogen-bond acceptors (Lipinski definition) is 2. The fourth-order valence-electron chi connectivity index (χ4n) is 5.61. The van der Waals surface area contributed by atoms with Crippen molar-refractivity contribution in [2.75, 3.05) is 0 Å². The molecule has 0 bridgehead atoms. The van der Waals surface area contributed by atoms with Crippen LogP contribution in [0.5, 0.6) is 0 Å². The van der Waals surface area contributed by atoms with Gasteiger partial charge in [0.2, 0.25) is 0 Å². The summed E-state index contributed by atoms with van der Waals surface area (Å²) in [5.41, 5.74) is 6.66. The molecule has 2 nitrogen and oxygen atoms in total. The maximum absolute atomic E-state index is 14.6. The van der Waals surface area contributed by atoms with Gasteiger partial charge in [0.1, 0.15) is 5.82 Å². The molecule has 0 saturated heterocycles. The predicted octanol–water partition coefficient (Wildman–Crippen LogP) is 10.1. The summed E-state index contributed by atoms with van der Waals surface area (Å²) in [6, 6.07) is 11.4. The summed E-state index contributed by atoms with van der Waals surface area (Å²) in [5, 5.41) is 0. The van der Waals surface area contributed by atoms with Crippen LogP contribution in [0, 0.1) is 23.6 Å². The third-order valence-electron chi connectivity index (χ3n) is 8.44. The highest BCUT2D eigenvalue weighted by molar-refractivity contribution is 5.78. The lowest BCUT2D eigenvalue weighted by molar-refractivity contribution is 0.361. The quantitative estimate of drug-likeness (QED) is 0.240. The van der Waals surface area contributed by atoms with Crippen LogP contribution in [-0.2, 0) is 6.42 Å². The largest absolute Gasteiger partial charge is 0.263 e. The van der Waals surface area contributed by atoms with Gasteiger partial charge in [-0.15, -0.1) is 0 Å². The number of aromatic nitrogens is 2. The number of unbranched alkanes of at least 4 members (excludes halogenated alkanes) is 1. The molecule has 2 unspecified atom stereocenters. The highest BCUT2D eigenvalue weighted by Crippen LogP contribution is 2.33. The summed E-state index contributed by atoms with van der Waals surface area (Å²) in [4.78, 5) is 9.06. The van der Waals surface area contributed by atoms with E-state index in [1.807, 2.05) is 36.7 Å². The molecule has 0 fully saturated rings. The first-order chi connectivity index (χ1) is 18.5. The standard InChI is InChI=1S/C35H43FN2/c1-5-26(6-2)10-8-9-11-28-15-16-29(14-12-25(28)4)31-21-32(24-37-23-31)30-18-19-38-35(22-30)33-20-27(7-3)13-17-34(33)36/h12-14,16-26,28H,5-11,15H2,1-4H3. The van der Waals surface area contributed by atoms with Crippen molar-refractivity contribution in [1.82, 2.24) is 9.97 Å². The van der Waals surface area contributed by atoms with Gasteiger partial charge in [0, 0.05) is 35.3 Å². The summed E-state index contributed by atoms with van der Waals surface area (Å²) in [6.07, 6.45) is 22.6. The Morgan fingerprint density at radius 3 is 2.55 bits per heavy atom. The van der Waals surface area contributed by atoms with Gasteiger partial charge in [0.15, 0.2) is 0 Å². The molecule has 1 aliphatic rings. The van der Waals surface area contributed by atoms with Gasteiger partial charge in [-0.1, -0.05) is 84.1 Å². The van der Waals surface area contributed by atoms with Crippen LogP contribution in [-0.4, -0.2) is 9.97 Å². The van der Waals surface area contributed by atoms with Crippen molar-refractivity contribution >= 4 is 5.57 Å². The van der Waals surface area contributed by atoms with E-state index in [2.05, 4.69) is 62.0 Å². The zero-order valence-electron chi connectivity index (χ0n) is 23.6. The Labute approximate surface area is 229 Å². The highest BCUT2D eigenvalue weighted by atomic mass is 19.1. The number of benzene rings is 1. The molecular formula is C35H43FN2. The van der Waals surface area contributed by atoms with Gasteiger partial charge in [-0.3, -0.25) is 9.97 Å². The molecule has 0 saturated carbocycles. The van der Waals surface area contributed by atoms with E-state index in [9.17, 15) is 4.39 Å². The summed E-state index contributed by atoms with van der Waals surface area (Å²) < 4.78 is 14.6. The van der Waals surface area contributed by atoms with Crippen LogP contribution in [0.1, 0.15) is 83.8 Å². The minimum Gasteiger partial charge on any atom is -0.263 e. The van der Waals surface area contributed by atoms with E-state index in [0.29, 0.717) is 23.1 Å². The van der Waals surface area contributed by atoms with Crippen LogP contribution >= 0.6 is 0 Å². The van der Waals surface area contributed by atoms with Crippen molar-refractivity contribution in [3.05, 3.63) is 90.2 Å². The first-order valence-corrected chi connectivity index (χ1v) is 14.6. The minimum absolute atomic E-state index is 0.244. The Bertz CT molecular complexity index is 1250. The van der Waals surface area contributed by atoms with Gasteiger partial charge < -0.3 is 0 Å². The maximum Gasteiger partial charge on any atom is 0.132 e. The second-order valence-corrected chi connectivity index (χ2v) is 10.9. The molecule has 38 heavy (non-hydrogen) atoms. The topological polar surface area (TPSA) is 25.8 Å². The van der Waals surface area contributed by atoms with Gasteiger partial charge in [-0.2, -0.15) is 0 Å². The van der Waals surface area contributed by atoms with Crippen LogP contribution in [0.2, 0.25) is 0 Å². The number of nitrogens with zero attached hydrogens (tertiary/aromatic N) is 2. The Balaban J connectivity index is 1.49. The molecule has 1 aliphatic carbocycles. The maximum atomic E-state index is 14.6. The van der Waals surface area contributed by atoms with Crippen molar-refractivity contribution in [1.29, 1.82) is 0 Å². The van der Waals surface area contributed by atoms with Crippen LogP contribution in [0.25, 0.3) is 28.0 Å². The monoisotopic (exact) mass is 510 g/mol. The average Bonchev–Trinajstić information content (AvgIpc) is 3.14. The summed E-state index contributed by atoms with van der Waals surface area (Å²) in [7, 11) is 0. The molecule has 200 valence electrons. The normalized spacial score (nSPS) is 17.5. The van der Waals surface area contributed by atoms with Crippen molar-refractivity contribution in [2.45, 2.75) is 79.1 Å².